The van der Waals surface area contributed by atoms with E-state index in [9.17, 15) is 0 Å². The van der Waals surface area contributed by atoms with Crippen LogP contribution in [0.25, 0.3) is 0 Å². The van der Waals surface area contributed by atoms with Crippen molar-refractivity contribution in [1.29, 1.82) is 0 Å². The van der Waals surface area contributed by atoms with E-state index in [0.717, 1.165) is 0 Å². The third-order valence-corrected chi connectivity index (χ3v) is 18.2. The van der Waals surface area contributed by atoms with Crippen molar-refractivity contribution in [3.63, 3.8) is 0 Å². The summed E-state index contributed by atoms with van der Waals surface area (Å²) in [6.07, 6.45) is 0. The minimum atomic E-state index is -3.22. The molecule has 7 heteroatoms. The van der Waals surface area contributed by atoms with Crippen LogP contribution in [0.15, 0.2) is 40.5 Å². The molecule has 0 saturated heterocycles. The number of nitrogens with zero attached hydrogens (tertiary/aromatic N) is 6. The maximum Gasteiger partial charge on any atom is 0.168 e. The van der Waals surface area contributed by atoms with Gasteiger partial charge in [0.25, 0.3) is 0 Å². The Hall–Kier alpha value is -3.84. The first-order valence-electron chi connectivity index (χ1n) is 18.8. The molecule has 0 atom stereocenters. The van der Waals surface area contributed by atoms with E-state index in [2.05, 4.69) is 201 Å². The first-order valence-corrected chi connectivity index (χ1v) is 20.9. The van der Waals surface area contributed by atoms with Crippen molar-refractivity contribution in [3.05, 3.63) is 73.9 Å². The predicted molar refractivity (Wildman–Crippen MR) is 239 cm³/mol. The van der Waals surface area contributed by atoms with Crippen molar-refractivity contribution in [1.82, 2.24) is 0 Å². The highest BCUT2D eigenvalue weighted by atomic mass is 28.3. The van der Waals surface area contributed by atoms with Crippen molar-refractivity contribution >= 4 is 57.8 Å². The molecule has 6 nitrogen and oxygen atoms in total. The third kappa shape index (κ3) is 6.11. The zero-order valence-corrected chi connectivity index (χ0v) is 38.0. The van der Waals surface area contributed by atoms with Gasteiger partial charge >= 0.3 is 0 Å². The molecule has 0 N–H and O–H groups in total. The van der Waals surface area contributed by atoms with E-state index in [1.54, 1.807) is 0 Å². The van der Waals surface area contributed by atoms with Crippen LogP contribution < -0.4 is 45.0 Å². The van der Waals surface area contributed by atoms with Gasteiger partial charge in [-0.2, -0.15) is 0 Å². The van der Waals surface area contributed by atoms with E-state index in [0.29, 0.717) is 0 Å². The average molecular weight is 723 g/mol. The van der Waals surface area contributed by atoms with Gasteiger partial charge in [0.05, 0.1) is 0 Å². The number of hydrogen-bond donors (Lipinski definition) is 0. The van der Waals surface area contributed by atoms with Crippen LogP contribution >= 0.6 is 0 Å². The van der Waals surface area contributed by atoms with Gasteiger partial charge in [-0.25, -0.2) is 0 Å². The van der Waals surface area contributed by atoms with Crippen LogP contribution in [-0.2, 0) is 0 Å². The normalized spacial score (nSPS) is 13.7. The molecule has 3 aromatic rings. The number of anilines is 6. The lowest BCUT2D eigenvalue weighted by Crippen LogP contribution is -2.74. The molecule has 0 aromatic heterocycles. The summed E-state index contributed by atoms with van der Waals surface area (Å²) in [4.78, 5) is 14.2. The Morgan fingerprint density at radius 2 is 0.596 bits per heavy atom. The second-order valence-corrected chi connectivity index (χ2v) is 20.6. The number of rotatable bonds is 10. The highest BCUT2D eigenvalue weighted by Crippen LogP contribution is 2.51. The van der Waals surface area contributed by atoms with Gasteiger partial charge in [0.2, 0.25) is 0 Å². The molecule has 1 aliphatic rings. The zero-order valence-electron chi connectivity index (χ0n) is 37.0. The van der Waals surface area contributed by atoms with Crippen LogP contribution in [0, 0.1) is 41.5 Å². The number of benzene rings is 3. The minimum absolute atomic E-state index is 0.207. The molecule has 284 valence electrons. The van der Waals surface area contributed by atoms with E-state index < -0.39 is 8.07 Å². The van der Waals surface area contributed by atoms with Gasteiger partial charge in [0, 0.05) is 124 Å². The number of hydrogen-bond acceptors (Lipinski definition) is 6. The highest BCUT2D eigenvalue weighted by molar-refractivity contribution is 7.15. The van der Waals surface area contributed by atoms with Crippen molar-refractivity contribution in [3.8, 4) is 0 Å². The fourth-order valence-corrected chi connectivity index (χ4v) is 17.8. The predicted octanol–water partition coefficient (Wildman–Crippen LogP) is 7.46. The molecule has 0 spiro atoms. The summed E-state index contributed by atoms with van der Waals surface area (Å²) >= 11 is 0. The van der Waals surface area contributed by atoms with E-state index in [4.69, 9.17) is 0 Å². The molecule has 0 fully saturated rings. The van der Waals surface area contributed by atoms with Crippen LogP contribution in [0.3, 0.4) is 0 Å². The molecule has 1 aliphatic carbocycles. The molecule has 0 radical (unpaired) electrons. The molecule has 0 aliphatic heterocycles. The van der Waals surface area contributed by atoms with Gasteiger partial charge < -0.3 is 29.4 Å². The molecule has 0 heterocycles. The van der Waals surface area contributed by atoms with Crippen molar-refractivity contribution in [2.75, 3.05) is 114 Å². The molecular weight excluding hydrogens is 653 g/mol. The largest absolute Gasteiger partial charge is 0.377 e. The number of allylic oxidation sites excluding steroid dienone is 4. The summed E-state index contributed by atoms with van der Waals surface area (Å²) in [7, 11) is 23.5. The van der Waals surface area contributed by atoms with Gasteiger partial charge in [-0.15, -0.1) is 0 Å². The molecular formula is C45H70N6Si. The highest BCUT2D eigenvalue weighted by Gasteiger charge is 2.56. The quantitative estimate of drug-likeness (QED) is 0.159. The van der Waals surface area contributed by atoms with Crippen LogP contribution in [-0.4, -0.2) is 92.6 Å². The topological polar surface area (TPSA) is 19.4 Å². The van der Waals surface area contributed by atoms with Crippen LogP contribution in [0.1, 0.15) is 61.1 Å². The Balaban J connectivity index is 2.67. The van der Waals surface area contributed by atoms with E-state index >= 15 is 0 Å². The van der Waals surface area contributed by atoms with Gasteiger partial charge in [-0.05, 0) is 148 Å². The SMILES string of the molecule is CC1=C(C)C([Si](c2c(C)cc(N(C)C)c(C)c2N(C)C)(c2c(C)cc(N(C)C)c(C)c2N(C)C)c2c(C)cc(N(C)C)c(C)c2N(C)C)C(C)=C1C. The molecule has 3 aromatic carbocycles. The summed E-state index contributed by atoms with van der Waals surface area (Å²) < 4.78 is 0. The molecule has 0 amide bonds. The summed E-state index contributed by atoms with van der Waals surface area (Å²) in [5.74, 6) is 0. The Labute approximate surface area is 319 Å². The van der Waals surface area contributed by atoms with Crippen LogP contribution in [0.4, 0.5) is 34.1 Å². The van der Waals surface area contributed by atoms with Crippen molar-refractivity contribution < 1.29 is 0 Å². The Bertz CT molecular complexity index is 1750. The molecule has 0 saturated carbocycles. The summed E-state index contributed by atoms with van der Waals surface area (Å²) in [5, 5.41) is 4.58. The molecule has 4 rings (SSSR count). The van der Waals surface area contributed by atoms with Crippen molar-refractivity contribution in [2.24, 2.45) is 0 Å². The average Bonchev–Trinajstić information content (AvgIpc) is 3.22. The van der Waals surface area contributed by atoms with E-state index in [1.807, 2.05) is 0 Å². The zero-order chi connectivity index (χ0) is 39.6. The fourth-order valence-electron chi connectivity index (χ4n) is 10.0. The van der Waals surface area contributed by atoms with Crippen molar-refractivity contribution in [2.45, 2.75) is 74.8 Å². The lowest BCUT2D eigenvalue weighted by molar-refractivity contribution is 1.05. The van der Waals surface area contributed by atoms with E-state index in [-0.39, 0.29) is 5.54 Å². The lowest BCUT2D eigenvalue weighted by Gasteiger charge is -2.49. The molecule has 0 unspecified atom stereocenters. The van der Waals surface area contributed by atoms with Gasteiger partial charge in [-0.1, -0.05) is 11.1 Å². The fraction of sp³-hybridized carbons (Fsp3) is 0.511. The standard InChI is InChI=1S/C45H70N6Si/c1-26-23-36(46(11)12)33(8)39(49(17)18)42(26)52(45-31(6)29(4)30(5)32(45)7,43-27(2)24-37(47(13)14)34(9)40(43)50(19)20)44-28(3)25-38(48(15)16)35(10)41(44)51(21)22/h23-25,45H,1-22H3. The first-order chi connectivity index (χ1) is 24.0. The molecule has 52 heavy (non-hydrogen) atoms. The van der Waals surface area contributed by atoms with Gasteiger partial charge in [0.1, 0.15) is 0 Å². The number of aryl methyl sites for hydroxylation is 3. The monoisotopic (exact) mass is 723 g/mol. The van der Waals surface area contributed by atoms with Crippen LogP contribution in [0.5, 0.6) is 0 Å². The van der Waals surface area contributed by atoms with Gasteiger partial charge in [0.15, 0.2) is 8.07 Å². The minimum Gasteiger partial charge on any atom is -0.377 e. The second-order valence-electron chi connectivity index (χ2n) is 16.9. The summed E-state index contributed by atoms with van der Waals surface area (Å²) in [5.41, 5.74) is 22.1. The Morgan fingerprint density at radius 1 is 0.365 bits per heavy atom. The third-order valence-electron chi connectivity index (χ3n) is 12.2. The second kappa shape index (κ2) is 14.5. The maximum atomic E-state index is 2.49. The van der Waals surface area contributed by atoms with Gasteiger partial charge in [-0.3, -0.25) is 0 Å². The Kier molecular flexibility index (Phi) is 11.4. The molecule has 0 bridgehead atoms. The Morgan fingerprint density at radius 3 is 0.788 bits per heavy atom. The first kappa shape index (κ1) is 40.9. The smallest absolute Gasteiger partial charge is 0.168 e. The summed E-state index contributed by atoms with van der Waals surface area (Å²) in [6, 6.07) is 7.47. The maximum absolute atomic E-state index is 3.22. The summed E-state index contributed by atoms with van der Waals surface area (Å²) in [6.45, 7) is 23.9. The lowest BCUT2D eigenvalue weighted by atomic mass is 10.0. The van der Waals surface area contributed by atoms with Crippen LogP contribution in [0.2, 0.25) is 5.54 Å². The van der Waals surface area contributed by atoms with E-state index in [1.165, 1.54) is 105 Å².